The van der Waals surface area contributed by atoms with E-state index in [2.05, 4.69) is 4.98 Å². The quantitative estimate of drug-likeness (QED) is 0.663. The van der Waals surface area contributed by atoms with E-state index in [9.17, 15) is 0 Å². The highest BCUT2D eigenvalue weighted by Crippen LogP contribution is 2.33. The Labute approximate surface area is 90.2 Å². The first-order valence-corrected chi connectivity index (χ1v) is 4.72. The standard InChI is InChI=1S/C9H4Cl3N/c10-5-3-4-13-7-2-1-6(11)9(12)8(5)7/h1-4H. The molecule has 0 spiro atoms. The van der Waals surface area contributed by atoms with Gasteiger partial charge in [-0.05, 0) is 18.2 Å². The zero-order chi connectivity index (χ0) is 9.42. The molecule has 2 rings (SSSR count). The van der Waals surface area contributed by atoms with Gasteiger partial charge in [0.2, 0.25) is 0 Å². The Morgan fingerprint density at radius 3 is 2.46 bits per heavy atom. The highest BCUT2D eigenvalue weighted by Gasteiger charge is 2.07. The molecule has 1 aromatic carbocycles. The van der Waals surface area contributed by atoms with Crippen molar-refractivity contribution in [1.82, 2.24) is 4.98 Å². The summed E-state index contributed by atoms with van der Waals surface area (Å²) in [6.45, 7) is 0. The van der Waals surface area contributed by atoms with E-state index in [4.69, 9.17) is 34.8 Å². The lowest BCUT2D eigenvalue weighted by Gasteiger charge is -2.02. The maximum atomic E-state index is 5.97. The average Bonchev–Trinajstić information content (AvgIpc) is 2.12. The number of hydrogen-bond donors (Lipinski definition) is 0. The number of pyridine rings is 1. The summed E-state index contributed by atoms with van der Waals surface area (Å²) in [6.07, 6.45) is 1.63. The van der Waals surface area contributed by atoms with Gasteiger partial charge in [-0.1, -0.05) is 34.8 Å². The van der Waals surface area contributed by atoms with Gasteiger partial charge in [-0.15, -0.1) is 0 Å². The van der Waals surface area contributed by atoms with Crippen molar-refractivity contribution in [3.63, 3.8) is 0 Å². The zero-order valence-electron chi connectivity index (χ0n) is 6.39. The number of rotatable bonds is 0. The lowest BCUT2D eigenvalue weighted by molar-refractivity contribution is 1.41. The molecule has 4 heteroatoms. The second-order valence-electron chi connectivity index (χ2n) is 2.55. The molecule has 1 aromatic heterocycles. The van der Waals surface area contributed by atoms with Crippen LogP contribution in [0.1, 0.15) is 0 Å². The van der Waals surface area contributed by atoms with Crippen LogP contribution >= 0.6 is 34.8 Å². The molecule has 0 saturated heterocycles. The van der Waals surface area contributed by atoms with Crippen molar-refractivity contribution in [3.8, 4) is 0 Å². The van der Waals surface area contributed by atoms with Crippen LogP contribution in [0.4, 0.5) is 0 Å². The molecule has 1 heterocycles. The third-order valence-corrected chi connectivity index (χ3v) is 2.87. The van der Waals surface area contributed by atoms with Crippen LogP contribution in [0.3, 0.4) is 0 Å². The van der Waals surface area contributed by atoms with E-state index in [0.29, 0.717) is 20.5 Å². The molecule has 0 saturated carbocycles. The van der Waals surface area contributed by atoms with Crippen LogP contribution in [-0.4, -0.2) is 4.98 Å². The van der Waals surface area contributed by atoms with Gasteiger partial charge in [0.05, 0.1) is 20.6 Å². The van der Waals surface area contributed by atoms with Gasteiger partial charge in [0, 0.05) is 11.6 Å². The minimum absolute atomic E-state index is 0.456. The molecule has 1 nitrogen and oxygen atoms in total. The molecule has 0 atom stereocenters. The Kier molecular flexibility index (Phi) is 2.33. The fourth-order valence-electron chi connectivity index (χ4n) is 1.14. The lowest BCUT2D eigenvalue weighted by atomic mass is 10.2. The molecule has 13 heavy (non-hydrogen) atoms. The smallest absolute Gasteiger partial charge is 0.0733 e. The molecule has 0 aliphatic heterocycles. The summed E-state index contributed by atoms with van der Waals surface area (Å²) < 4.78 is 0. The van der Waals surface area contributed by atoms with Crippen LogP contribution in [0.5, 0.6) is 0 Å². The molecule has 0 aliphatic rings. The van der Waals surface area contributed by atoms with Crippen molar-refractivity contribution < 1.29 is 0 Å². The number of hydrogen-bond acceptors (Lipinski definition) is 1. The van der Waals surface area contributed by atoms with Crippen LogP contribution in [0.2, 0.25) is 15.1 Å². The van der Waals surface area contributed by atoms with E-state index in [1.165, 1.54) is 0 Å². The van der Waals surface area contributed by atoms with Crippen LogP contribution in [0.15, 0.2) is 24.4 Å². The highest BCUT2D eigenvalue weighted by atomic mass is 35.5. The number of nitrogens with zero attached hydrogens (tertiary/aromatic N) is 1. The molecule has 0 fully saturated rings. The topological polar surface area (TPSA) is 12.9 Å². The third-order valence-electron chi connectivity index (χ3n) is 1.75. The van der Waals surface area contributed by atoms with E-state index >= 15 is 0 Å². The molecular formula is C9H4Cl3N. The largest absolute Gasteiger partial charge is 0.256 e. The summed E-state index contributed by atoms with van der Waals surface area (Å²) in [6, 6.07) is 5.18. The van der Waals surface area contributed by atoms with Gasteiger partial charge in [0.15, 0.2) is 0 Å². The molecule has 66 valence electrons. The fourth-order valence-corrected chi connectivity index (χ4v) is 1.86. The summed E-state index contributed by atoms with van der Waals surface area (Å²) in [5.41, 5.74) is 0.752. The van der Waals surface area contributed by atoms with Crippen molar-refractivity contribution in [2.75, 3.05) is 0 Å². The van der Waals surface area contributed by atoms with Crippen LogP contribution in [0, 0.1) is 0 Å². The van der Waals surface area contributed by atoms with Gasteiger partial charge in [-0.3, -0.25) is 4.98 Å². The normalized spacial score (nSPS) is 10.7. The molecule has 0 bridgehead atoms. The van der Waals surface area contributed by atoms with Gasteiger partial charge in [0.25, 0.3) is 0 Å². The van der Waals surface area contributed by atoms with E-state index < -0.39 is 0 Å². The SMILES string of the molecule is Clc1ccc2nccc(Cl)c2c1Cl. The molecule has 0 unspecified atom stereocenters. The van der Waals surface area contributed by atoms with Crippen molar-refractivity contribution >= 4 is 45.7 Å². The maximum Gasteiger partial charge on any atom is 0.0733 e. The van der Waals surface area contributed by atoms with Crippen LogP contribution in [-0.2, 0) is 0 Å². The Hall–Kier alpha value is -0.500. The Bertz CT molecular complexity index is 468. The molecule has 2 aromatic rings. The second kappa shape index (κ2) is 3.33. The molecular weight excluding hydrogens is 228 g/mol. The summed E-state index contributed by atoms with van der Waals surface area (Å²) in [5, 5.41) is 2.22. The monoisotopic (exact) mass is 231 g/mol. The van der Waals surface area contributed by atoms with Gasteiger partial charge >= 0.3 is 0 Å². The summed E-state index contributed by atoms with van der Waals surface area (Å²) >= 11 is 17.8. The summed E-state index contributed by atoms with van der Waals surface area (Å²) in [5.74, 6) is 0. The first kappa shape index (κ1) is 9.07. The van der Waals surface area contributed by atoms with E-state index in [0.717, 1.165) is 5.52 Å². The van der Waals surface area contributed by atoms with Crippen molar-refractivity contribution in [3.05, 3.63) is 39.5 Å². The lowest BCUT2D eigenvalue weighted by Crippen LogP contribution is -1.80. The zero-order valence-corrected chi connectivity index (χ0v) is 8.66. The third kappa shape index (κ3) is 1.48. The van der Waals surface area contributed by atoms with Crippen molar-refractivity contribution in [1.29, 1.82) is 0 Å². The molecule has 0 radical (unpaired) electrons. The van der Waals surface area contributed by atoms with E-state index in [-0.39, 0.29) is 0 Å². The number of aromatic nitrogens is 1. The predicted molar refractivity (Wildman–Crippen MR) is 56.8 cm³/mol. The predicted octanol–water partition coefficient (Wildman–Crippen LogP) is 4.20. The van der Waals surface area contributed by atoms with Crippen molar-refractivity contribution in [2.45, 2.75) is 0 Å². The highest BCUT2D eigenvalue weighted by molar-refractivity contribution is 6.47. The Balaban J connectivity index is 2.97. The van der Waals surface area contributed by atoms with Crippen molar-refractivity contribution in [2.24, 2.45) is 0 Å². The van der Waals surface area contributed by atoms with E-state index in [1.54, 1.807) is 24.4 Å². The Morgan fingerprint density at radius 2 is 1.69 bits per heavy atom. The average molecular weight is 232 g/mol. The minimum atomic E-state index is 0.456. The van der Waals surface area contributed by atoms with Crippen LogP contribution < -0.4 is 0 Å². The Morgan fingerprint density at radius 1 is 0.923 bits per heavy atom. The number of benzene rings is 1. The first-order valence-electron chi connectivity index (χ1n) is 3.58. The number of fused-ring (bicyclic) bond motifs is 1. The summed E-state index contributed by atoms with van der Waals surface area (Å²) in [7, 11) is 0. The number of halogens is 3. The first-order chi connectivity index (χ1) is 6.20. The van der Waals surface area contributed by atoms with Gasteiger partial charge < -0.3 is 0 Å². The molecule has 0 aliphatic carbocycles. The van der Waals surface area contributed by atoms with Gasteiger partial charge in [0.1, 0.15) is 0 Å². The molecule has 0 amide bonds. The van der Waals surface area contributed by atoms with Gasteiger partial charge in [-0.2, -0.15) is 0 Å². The summed E-state index contributed by atoms with van der Waals surface area (Å²) in [4.78, 5) is 4.12. The van der Waals surface area contributed by atoms with Crippen LogP contribution in [0.25, 0.3) is 10.9 Å². The van der Waals surface area contributed by atoms with E-state index in [1.807, 2.05) is 0 Å². The second-order valence-corrected chi connectivity index (χ2v) is 3.74. The fraction of sp³-hybridized carbons (Fsp3) is 0. The van der Waals surface area contributed by atoms with Gasteiger partial charge in [-0.25, -0.2) is 0 Å². The minimum Gasteiger partial charge on any atom is -0.256 e. The maximum absolute atomic E-state index is 5.97. The molecule has 0 N–H and O–H groups in total.